The summed E-state index contributed by atoms with van der Waals surface area (Å²) < 4.78 is 24.9. The summed E-state index contributed by atoms with van der Waals surface area (Å²) >= 11 is -1.94. The number of ether oxygens (including phenoxy) is 1. The molecular weight excluding hydrogens is 340 g/mol. The molecule has 0 amide bonds. The first kappa shape index (κ1) is 19.0. The van der Waals surface area contributed by atoms with Gasteiger partial charge in [0.1, 0.15) is 5.92 Å². The van der Waals surface area contributed by atoms with Crippen molar-refractivity contribution < 1.29 is 23.1 Å². The Hall–Kier alpha value is -2.31. The van der Waals surface area contributed by atoms with Crippen LogP contribution in [0.15, 0.2) is 48.5 Å². The van der Waals surface area contributed by atoms with Crippen molar-refractivity contribution in [2.24, 2.45) is 0 Å². The van der Waals surface area contributed by atoms with E-state index in [4.69, 9.17) is 9.29 Å². The maximum atomic E-state index is 12.9. The normalized spacial score (nSPS) is 13.1. The number of aryl methyl sites for hydroxylation is 1. The Morgan fingerprint density at radius 2 is 1.76 bits per heavy atom. The smallest absolute Gasteiger partial charge is 0.321 e. The van der Waals surface area contributed by atoms with Crippen LogP contribution in [0.5, 0.6) is 0 Å². The third-order valence-electron chi connectivity index (χ3n) is 3.81. The van der Waals surface area contributed by atoms with Gasteiger partial charge in [0.15, 0.2) is 16.9 Å². The van der Waals surface area contributed by atoms with E-state index in [1.807, 2.05) is 19.1 Å². The SMILES string of the molecule is CCOC(=O)C(C(=O)c1ccc(CS(=O)O)cc1)c1ccccc1C. The van der Waals surface area contributed by atoms with E-state index < -0.39 is 23.0 Å². The van der Waals surface area contributed by atoms with E-state index >= 15 is 0 Å². The first-order valence-corrected chi connectivity index (χ1v) is 9.14. The van der Waals surface area contributed by atoms with Gasteiger partial charge in [0.2, 0.25) is 0 Å². The van der Waals surface area contributed by atoms with E-state index in [0.29, 0.717) is 16.7 Å². The van der Waals surface area contributed by atoms with Crippen LogP contribution in [0.25, 0.3) is 0 Å². The summed E-state index contributed by atoms with van der Waals surface area (Å²) in [6, 6.07) is 13.6. The average Bonchev–Trinajstić information content (AvgIpc) is 2.57. The number of carbonyl (C=O) groups is 2. The number of benzene rings is 2. The van der Waals surface area contributed by atoms with Crippen molar-refractivity contribution in [1.82, 2.24) is 0 Å². The van der Waals surface area contributed by atoms with Crippen molar-refractivity contribution in [3.63, 3.8) is 0 Å². The molecule has 0 heterocycles. The fourth-order valence-electron chi connectivity index (χ4n) is 2.59. The molecule has 2 aromatic carbocycles. The predicted molar refractivity (Wildman–Crippen MR) is 95.8 cm³/mol. The Morgan fingerprint density at radius 3 is 2.32 bits per heavy atom. The molecule has 0 spiro atoms. The zero-order valence-electron chi connectivity index (χ0n) is 14.1. The van der Waals surface area contributed by atoms with Gasteiger partial charge >= 0.3 is 5.97 Å². The molecule has 0 fully saturated rings. The third kappa shape index (κ3) is 4.84. The monoisotopic (exact) mass is 360 g/mol. The Bertz CT molecular complexity index is 783. The second-order valence-corrected chi connectivity index (χ2v) is 6.50. The minimum Gasteiger partial charge on any atom is -0.465 e. The fraction of sp³-hybridized carbons (Fsp3) is 0.263. The summed E-state index contributed by atoms with van der Waals surface area (Å²) in [5.41, 5.74) is 2.45. The molecular formula is C19H20O5S. The van der Waals surface area contributed by atoms with Crippen LogP contribution < -0.4 is 0 Å². The lowest BCUT2D eigenvalue weighted by Crippen LogP contribution is -2.25. The standard InChI is InChI=1S/C19H20O5S/c1-3-24-19(21)17(16-7-5-4-6-13(16)2)18(20)15-10-8-14(9-11-15)12-25(22)23/h4-11,17H,3,12H2,1-2H3,(H,22,23). The van der Waals surface area contributed by atoms with Crippen LogP contribution in [0.1, 0.15) is 39.9 Å². The molecule has 0 aliphatic carbocycles. The Morgan fingerprint density at radius 1 is 1.12 bits per heavy atom. The number of hydrogen-bond acceptors (Lipinski definition) is 4. The van der Waals surface area contributed by atoms with E-state index in [1.54, 1.807) is 43.3 Å². The van der Waals surface area contributed by atoms with E-state index in [1.165, 1.54) is 0 Å². The van der Waals surface area contributed by atoms with Gasteiger partial charge < -0.3 is 9.29 Å². The van der Waals surface area contributed by atoms with Crippen LogP contribution in [-0.2, 0) is 26.4 Å². The van der Waals surface area contributed by atoms with E-state index in [-0.39, 0.29) is 18.1 Å². The van der Waals surface area contributed by atoms with Crippen molar-refractivity contribution >= 4 is 22.8 Å². The van der Waals surface area contributed by atoms with Crippen LogP contribution in [0, 0.1) is 6.92 Å². The lowest BCUT2D eigenvalue weighted by molar-refractivity contribution is -0.143. The molecule has 5 nitrogen and oxygen atoms in total. The number of carbonyl (C=O) groups excluding carboxylic acids is 2. The van der Waals surface area contributed by atoms with Gasteiger partial charge in [0, 0.05) is 5.56 Å². The summed E-state index contributed by atoms with van der Waals surface area (Å²) in [7, 11) is 0. The van der Waals surface area contributed by atoms with Crippen molar-refractivity contribution in [3.8, 4) is 0 Å². The molecule has 1 N–H and O–H groups in total. The lowest BCUT2D eigenvalue weighted by Gasteiger charge is -2.17. The second kappa shape index (κ2) is 8.69. The molecule has 0 aliphatic heterocycles. The van der Waals surface area contributed by atoms with Gasteiger partial charge in [-0.15, -0.1) is 0 Å². The van der Waals surface area contributed by atoms with Gasteiger partial charge in [-0.05, 0) is 30.5 Å². The highest BCUT2D eigenvalue weighted by molar-refractivity contribution is 7.78. The first-order chi connectivity index (χ1) is 11.9. The van der Waals surface area contributed by atoms with Crippen molar-refractivity contribution in [2.75, 3.05) is 6.61 Å². The molecule has 0 aromatic heterocycles. The molecule has 2 rings (SSSR count). The third-order valence-corrected chi connectivity index (χ3v) is 4.39. The maximum Gasteiger partial charge on any atom is 0.321 e. The number of rotatable bonds is 7. The molecule has 0 radical (unpaired) electrons. The molecule has 0 saturated heterocycles. The number of ketones is 1. The van der Waals surface area contributed by atoms with Crippen molar-refractivity contribution in [3.05, 3.63) is 70.8 Å². The molecule has 0 bridgehead atoms. The predicted octanol–water partition coefficient (Wildman–Crippen LogP) is 3.25. The summed E-state index contributed by atoms with van der Waals surface area (Å²) in [6.07, 6.45) is 0. The highest BCUT2D eigenvalue weighted by Crippen LogP contribution is 2.26. The Kier molecular flexibility index (Phi) is 6.61. The van der Waals surface area contributed by atoms with Gasteiger partial charge in [0.25, 0.3) is 0 Å². The van der Waals surface area contributed by atoms with Gasteiger partial charge in [-0.3, -0.25) is 9.59 Å². The van der Waals surface area contributed by atoms with Gasteiger partial charge in [-0.2, -0.15) is 0 Å². The van der Waals surface area contributed by atoms with E-state index in [0.717, 1.165) is 5.56 Å². The Labute approximate surface area is 149 Å². The van der Waals surface area contributed by atoms with Gasteiger partial charge in [0.05, 0.1) is 12.4 Å². The number of esters is 1. The second-order valence-electron chi connectivity index (χ2n) is 5.57. The average molecular weight is 360 g/mol. The summed E-state index contributed by atoms with van der Waals surface area (Å²) in [6.45, 7) is 3.73. The molecule has 2 unspecified atom stereocenters. The largest absolute Gasteiger partial charge is 0.465 e. The lowest BCUT2D eigenvalue weighted by atomic mass is 9.88. The number of Topliss-reactive ketones (excluding diaryl/α,β-unsaturated/α-hetero) is 1. The number of hydrogen-bond donors (Lipinski definition) is 1. The molecule has 6 heteroatoms. The minimum absolute atomic E-state index is 0.00638. The molecule has 0 saturated carbocycles. The topological polar surface area (TPSA) is 80.7 Å². The molecule has 0 aliphatic rings. The van der Waals surface area contributed by atoms with Gasteiger partial charge in [-0.1, -0.05) is 48.5 Å². The van der Waals surface area contributed by atoms with Crippen LogP contribution >= 0.6 is 0 Å². The van der Waals surface area contributed by atoms with Crippen LogP contribution in [0.3, 0.4) is 0 Å². The van der Waals surface area contributed by atoms with Gasteiger partial charge in [-0.25, -0.2) is 4.21 Å². The summed E-state index contributed by atoms with van der Waals surface area (Å²) in [4.78, 5) is 25.3. The zero-order valence-corrected chi connectivity index (χ0v) is 14.9. The zero-order chi connectivity index (χ0) is 18.4. The highest BCUT2D eigenvalue weighted by atomic mass is 32.2. The van der Waals surface area contributed by atoms with E-state index in [2.05, 4.69) is 0 Å². The fourth-order valence-corrected chi connectivity index (χ4v) is 3.06. The minimum atomic E-state index is -1.94. The van der Waals surface area contributed by atoms with Crippen LogP contribution in [-0.4, -0.2) is 27.1 Å². The quantitative estimate of drug-likeness (QED) is 0.355. The molecule has 2 aromatic rings. The maximum absolute atomic E-state index is 12.9. The van der Waals surface area contributed by atoms with Crippen molar-refractivity contribution in [1.29, 1.82) is 0 Å². The molecule has 2 atom stereocenters. The van der Waals surface area contributed by atoms with Crippen molar-refractivity contribution in [2.45, 2.75) is 25.5 Å². The van der Waals surface area contributed by atoms with Crippen LogP contribution in [0.4, 0.5) is 0 Å². The molecule has 132 valence electrons. The summed E-state index contributed by atoms with van der Waals surface area (Å²) in [5, 5.41) is 0. The molecule has 25 heavy (non-hydrogen) atoms. The first-order valence-electron chi connectivity index (χ1n) is 7.86. The van der Waals surface area contributed by atoms with Crippen LogP contribution in [0.2, 0.25) is 0 Å². The van der Waals surface area contributed by atoms with E-state index in [9.17, 15) is 13.8 Å². The summed E-state index contributed by atoms with van der Waals surface area (Å²) in [5.74, 6) is -1.97. The highest BCUT2D eigenvalue weighted by Gasteiger charge is 2.31. The Balaban J connectivity index is 2.37.